The molecule has 3 aliphatic rings. The van der Waals surface area contributed by atoms with E-state index in [4.69, 9.17) is 0 Å². The molecule has 2 amide bonds. The fourth-order valence-electron chi connectivity index (χ4n) is 4.01. The van der Waals surface area contributed by atoms with Crippen LogP contribution in [0.15, 0.2) is 0 Å². The third-order valence-corrected chi connectivity index (χ3v) is 5.86. The summed E-state index contributed by atoms with van der Waals surface area (Å²) in [5, 5.41) is 12.4. The molecule has 0 radical (unpaired) electrons. The van der Waals surface area contributed by atoms with Crippen molar-refractivity contribution in [2.24, 2.45) is 5.92 Å². The van der Waals surface area contributed by atoms with Crippen molar-refractivity contribution in [2.75, 3.05) is 26.7 Å². The lowest BCUT2D eigenvalue weighted by atomic mass is 9.86. The van der Waals surface area contributed by atoms with Crippen molar-refractivity contribution in [3.63, 3.8) is 0 Å². The molecule has 126 valence electrons. The van der Waals surface area contributed by atoms with Gasteiger partial charge in [0.05, 0.1) is 0 Å². The summed E-state index contributed by atoms with van der Waals surface area (Å²) < 4.78 is 0. The number of urea groups is 1. The highest BCUT2D eigenvalue weighted by atomic mass is 16.3. The molecule has 1 heterocycles. The van der Waals surface area contributed by atoms with Crippen LogP contribution in [0.5, 0.6) is 0 Å². The van der Waals surface area contributed by atoms with E-state index in [2.05, 4.69) is 10.2 Å². The van der Waals surface area contributed by atoms with Crippen molar-refractivity contribution < 1.29 is 9.90 Å². The Kier molecular flexibility index (Phi) is 5.24. The molecule has 0 bridgehead atoms. The first kappa shape index (κ1) is 16.1. The molecule has 0 aromatic rings. The van der Waals surface area contributed by atoms with Gasteiger partial charge in [-0.05, 0) is 57.3 Å². The lowest BCUT2D eigenvalue weighted by Crippen LogP contribution is -2.51. The van der Waals surface area contributed by atoms with Crippen LogP contribution >= 0.6 is 0 Å². The van der Waals surface area contributed by atoms with E-state index in [-0.39, 0.29) is 6.03 Å². The van der Waals surface area contributed by atoms with E-state index in [1.54, 1.807) is 0 Å². The SMILES string of the molecule is CN(C(=O)NC1CCN(C2CC2)CC1)C1CCC(CO)CC1. The molecule has 0 aromatic heterocycles. The number of carbonyl (C=O) groups is 1. The molecule has 1 aliphatic heterocycles. The standard InChI is InChI=1S/C17H31N3O2/c1-19(15-4-2-13(12-21)3-5-15)17(22)18-14-8-10-20(11-9-14)16-6-7-16/h13-16,21H,2-12H2,1H3,(H,18,22). The highest BCUT2D eigenvalue weighted by Crippen LogP contribution is 2.29. The van der Waals surface area contributed by atoms with Crippen LogP contribution in [0.1, 0.15) is 51.4 Å². The highest BCUT2D eigenvalue weighted by Gasteiger charge is 2.33. The van der Waals surface area contributed by atoms with Crippen molar-refractivity contribution in [1.29, 1.82) is 0 Å². The van der Waals surface area contributed by atoms with Crippen LogP contribution in [0.4, 0.5) is 4.79 Å². The predicted octanol–water partition coefficient (Wildman–Crippen LogP) is 1.81. The van der Waals surface area contributed by atoms with Gasteiger partial charge in [-0.15, -0.1) is 0 Å². The average molecular weight is 309 g/mol. The quantitative estimate of drug-likeness (QED) is 0.833. The van der Waals surface area contributed by atoms with Crippen LogP contribution in [0, 0.1) is 5.92 Å². The van der Waals surface area contributed by atoms with Crippen LogP contribution in [0.2, 0.25) is 0 Å². The Labute approximate surface area is 134 Å². The summed E-state index contributed by atoms with van der Waals surface area (Å²) in [6.45, 7) is 2.57. The van der Waals surface area contributed by atoms with Crippen LogP contribution in [-0.4, -0.2) is 65.8 Å². The fourth-order valence-corrected chi connectivity index (χ4v) is 4.01. The van der Waals surface area contributed by atoms with E-state index >= 15 is 0 Å². The molecule has 0 spiro atoms. The van der Waals surface area contributed by atoms with Crippen molar-refractivity contribution in [3.05, 3.63) is 0 Å². The lowest BCUT2D eigenvalue weighted by Gasteiger charge is -2.37. The maximum Gasteiger partial charge on any atom is 0.317 e. The van der Waals surface area contributed by atoms with Gasteiger partial charge in [-0.2, -0.15) is 0 Å². The normalized spacial score (nSPS) is 31.0. The molecule has 3 fully saturated rings. The number of likely N-dealkylation sites (tertiary alicyclic amines) is 1. The van der Waals surface area contributed by atoms with E-state index in [0.717, 1.165) is 57.7 Å². The molecule has 5 nitrogen and oxygen atoms in total. The Morgan fingerprint density at radius 3 is 2.27 bits per heavy atom. The number of nitrogens with zero attached hydrogens (tertiary/aromatic N) is 2. The topological polar surface area (TPSA) is 55.8 Å². The van der Waals surface area contributed by atoms with Crippen LogP contribution in [0.3, 0.4) is 0 Å². The van der Waals surface area contributed by atoms with Gasteiger partial charge < -0.3 is 20.2 Å². The first-order valence-corrected chi connectivity index (χ1v) is 9.05. The minimum absolute atomic E-state index is 0.0947. The number of amides is 2. The number of hydrogen-bond donors (Lipinski definition) is 2. The van der Waals surface area contributed by atoms with Gasteiger partial charge in [-0.3, -0.25) is 0 Å². The molecule has 22 heavy (non-hydrogen) atoms. The second kappa shape index (κ2) is 7.18. The summed E-state index contributed by atoms with van der Waals surface area (Å²) >= 11 is 0. The van der Waals surface area contributed by atoms with Crippen molar-refractivity contribution in [2.45, 2.75) is 69.5 Å². The Morgan fingerprint density at radius 2 is 1.73 bits per heavy atom. The molecule has 2 aliphatic carbocycles. The van der Waals surface area contributed by atoms with Crippen molar-refractivity contribution in [3.8, 4) is 0 Å². The Bertz CT molecular complexity index is 370. The molecule has 2 N–H and O–H groups in total. The second-order valence-corrected chi connectivity index (χ2v) is 7.46. The van der Waals surface area contributed by atoms with Crippen LogP contribution < -0.4 is 5.32 Å². The smallest absolute Gasteiger partial charge is 0.317 e. The van der Waals surface area contributed by atoms with E-state index in [1.165, 1.54) is 12.8 Å². The minimum Gasteiger partial charge on any atom is -0.396 e. The molecule has 2 saturated carbocycles. The Hall–Kier alpha value is -0.810. The van der Waals surface area contributed by atoms with Gasteiger partial charge in [-0.1, -0.05) is 0 Å². The summed E-state index contributed by atoms with van der Waals surface area (Å²) in [7, 11) is 1.93. The van der Waals surface area contributed by atoms with E-state index in [0.29, 0.717) is 24.6 Å². The van der Waals surface area contributed by atoms with Crippen LogP contribution in [-0.2, 0) is 0 Å². The number of hydrogen-bond acceptors (Lipinski definition) is 3. The first-order chi connectivity index (χ1) is 10.7. The Morgan fingerprint density at radius 1 is 1.09 bits per heavy atom. The molecule has 1 saturated heterocycles. The largest absolute Gasteiger partial charge is 0.396 e. The molecule has 0 atom stereocenters. The summed E-state index contributed by atoms with van der Waals surface area (Å²) in [4.78, 5) is 16.9. The zero-order chi connectivity index (χ0) is 15.5. The lowest BCUT2D eigenvalue weighted by molar-refractivity contribution is 0.128. The van der Waals surface area contributed by atoms with Gasteiger partial charge in [0.15, 0.2) is 0 Å². The van der Waals surface area contributed by atoms with Gasteiger partial charge in [0.1, 0.15) is 0 Å². The third-order valence-electron chi connectivity index (χ3n) is 5.86. The van der Waals surface area contributed by atoms with E-state index < -0.39 is 0 Å². The molecule has 0 aromatic carbocycles. The zero-order valence-electron chi connectivity index (χ0n) is 13.8. The van der Waals surface area contributed by atoms with E-state index in [9.17, 15) is 9.90 Å². The highest BCUT2D eigenvalue weighted by molar-refractivity contribution is 5.74. The average Bonchev–Trinajstić information content (AvgIpc) is 3.40. The molecule has 5 heteroatoms. The Balaban J connectivity index is 1.39. The first-order valence-electron chi connectivity index (χ1n) is 9.05. The number of aliphatic hydroxyl groups is 1. The second-order valence-electron chi connectivity index (χ2n) is 7.46. The van der Waals surface area contributed by atoms with Crippen LogP contribution in [0.25, 0.3) is 0 Å². The number of piperidine rings is 1. The zero-order valence-corrected chi connectivity index (χ0v) is 13.8. The van der Waals surface area contributed by atoms with Gasteiger partial charge in [-0.25, -0.2) is 4.79 Å². The maximum absolute atomic E-state index is 12.4. The molecular formula is C17H31N3O2. The number of rotatable bonds is 4. The third kappa shape index (κ3) is 3.93. The summed E-state index contributed by atoms with van der Waals surface area (Å²) in [6.07, 6.45) is 9.05. The minimum atomic E-state index is 0.0947. The molecular weight excluding hydrogens is 278 g/mol. The van der Waals surface area contributed by atoms with Gasteiger partial charge in [0, 0.05) is 44.9 Å². The fraction of sp³-hybridized carbons (Fsp3) is 0.941. The number of aliphatic hydroxyl groups excluding tert-OH is 1. The summed E-state index contributed by atoms with van der Waals surface area (Å²) in [5.74, 6) is 0.444. The summed E-state index contributed by atoms with van der Waals surface area (Å²) in [5.41, 5.74) is 0. The molecule has 3 rings (SSSR count). The summed E-state index contributed by atoms with van der Waals surface area (Å²) in [6, 6.07) is 1.63. The number of carbonyl (C=O) groups excluding carboxylic acids is 1. The maximum atomic E-state index is 12.4. The molecule has 0 unspecified atom stereocenters. The van der Waals surface area contributed by atoms with Crippen molar-refractivity contribution >= 4 is 6.03 Å². The van der Waals surface area contributed by atoms with E-state index in [1.807, 2.05) is 11.9 Å². The van der Waals surface area contributed by atoms with Crippen molar-refractivity contribution in [1.82, 2.24) is 15.1 Å². The predicted molar refractivity (Wildman–Crippen MR) is 86.7 cm³/mol. The van der Waals surface area contributed by atoms with Gasteiger partial charge >= 0.3 is 6.03 Å². The number of nitrogens with one attached hydrogen (secondary N) is 1. The monoisotopic (exact) mass is 309 g/mol. The van der Waals surface area contributed by atoms with Gasteiger partial charge in [0.2, 0.25) is 0 Å². The van der Waals surface area contributed by atoms with Gasteiger partial charge in [0.25, 0.3) is 0 Å².